The number of hydrogen-bond donors (Lipinski definition) is 2. The summed E-state index contributed by atoms with van der Waals surface area (Å²) in [6.07, 6.45) is 4.40. The molecule has 2 aromatic carbocycles. The third-order valence-electron chi connectivity index (χ3n) is 5.95. The number of ketones is 1. The van der Waals surface area contributed by atoms with Gasteiger partial charge in [0.2, 0.25) is 0 Å². The third kappa shape index (κ3) is 4.70. The average molecular weight is 490 g/mol. The second-order valence-electron chi connectivity index (χ2n) is 8.49. The van der Waals surface area contributed by atoms with Gasteiger partial charge in [-0.25, -0.2) is 15.4 Å². The summed E-state index contributed by atoms with van der Waals surface area (Å²) in [5.41, 5.74) is 4.66. The van der Waals surface area contributed by atoms with E-state index in [1.165, 1.54) is 0 Å². The zero-order valence-electron chi connectivity index (χ0n) is 18.5. The largest absolute Gasteiger partial charge is 0.292 e. The van der Waals surface area contributed by atoms with Crippen LogP contribution in [0.25, 0.3) is 20.5 Å². The molecule has 6 nitrogen and oxygen atoms in total. The number of nitrogens with zero attached hydrogens (tertiary/aromatic N) is 2. The molecule has 172 valence electrons. The Bertz CT molecular complexity index is 1330. The highest BCUT2D eigenvalue weighted by Crippen LogP contribution is 2.47. The monoisotopic (exact) mass is 489 g/mol. The number of hydrogen-bond acceptors (Lipinski definition) is 7. The SMILES string of the molecule is C[C@@H](CC(=O)c1nc(-c2ncc(-c3ccccc3)s2)sc1C1CC1)c1ccc(C(=O)NO)cc1. The Hall–Kier alpha value is -3.20. The van der Waals surface area contributed by atoms with Crippen molar-refractivity contribution in [1.29, 1.82) is 0 Å². The lowest BCUT2D eigenvalue weighted by Crippen LogP contribution is -2.18. The first-order chi connectivity index (χ1) is 16.5. The lowest BCUT2D eigenvalue weighted by atomic mass is 9.93. The summed E-state index contributed by atoms with van der Waals surface area (Å²) in [4.78, 5) is 36.4. The smallest absolute Gasteiger partial charge is 0.274 e. The van der Waals surface area contributed by atoms with E-state index in [0.29, 0.717) is 23.6 Å². The fourth-order valence-electron chi connectivity index (χ4n) is 3.87. The van der Waals surface area contributed by atoms with Crippen molar-refractivity contribution in [2.24, 2.45) is 0 Å². The Morgan fingerprint density at radius 1 is 1.06 bits per heavy atom. The normalized spacial score (nSPS) is 14.1. The van der Waals surface area contributed by atoms with E-state index in [-0.39, 0.29) is 11.7 Å². The van der Waals surface area contributed by atoms with Gasteiger partial charge in [0.1, 0.15) is 5.69 Å². The van der Waals surface area contributed by atoms with Crippen molar-refractivity contribution in [2.75, 3.05) is 0 Å². The van der Waals surface area contributed by atoms with Gasteiger partial charge in [-0.2, -0.15) is 0 Å². The number of hydroxylamine groups is 1. The summed E-state index contributed by atoms with van der Waals surface area (Å²) < 4.78 is 0. The van der Waals surface area contributed by atoms with Crippen LogP contribution in [0.2, 0.25) is 0 Å². The number of benzene rings is 2. The Balaban J connectivity index is 1.36. The van der Waals surface area contributed by atoms with Crippen molar-refractivity contribution in [3.05, 3.63) is 82.5 Å². The van der Waals surface area contributed by atoms with Gasteiger partial charge in [0.25, 0.3) is 5.91 Å². The molecule has 8 heteroatoms. The fourth-order valence-corrected chi connectivity index (χ4v) is 6.07. The first-order valence-electron chi connectivity index (χ1n) is 11.1. The van der Waals surface area contributed by atoms with Crippen LogP contribution in [0.1, 0.15) is 69.3 Å². The molecule has 2 aromatic heterocycles. The van der Waals surface area contributed by atoms with Crippen LogP contribution in [0.3, 0.4) is 0 Å². The first-order valence-corrected chi connectivity index (χ1v) is 12.8. The Labute approximate surface area is 205 Å². The highest BCUT2D eigenvalue weighted by molar-refractivity contribution is 7.23. The predicted octanol–water partition coefficient (Wildman–Crippen LogP) is 6.31. The number of carbonyl (C=O) groups is 2. The van der Waals surface area contributed by atoms with E-state index in [9.17, 15) is 9.59 Å². The molecule has 0 radical (unpaired) electrons. The first kappa shape index (κ1) is 22.6. The molecule has 34 heavy (non-hydrogen) atoms. The van der Waals surface area contributed by atoms with E-state index in [1.807, 2.05) is 43.5 Å². The van der Waals surface area contributed by atoms with Crippen LogP contribution in [0, 0.1) is 0 Å². The van der Waals surface area contributed by atoms with Crippen LogP contribution in [-0.4, -0.2) is 26.9 Å². The molecule has 0 bridgehead atoms. The topological polar surface area (TPSA) is 92.2 Å². The number of nitrogens with one attached hydrogen (secondary N) is 1. The number of thiazole rings is 2. The minimum absolute atomic E-state index is 0.0273. The maximum atomic E-state index is 13.3. The maximum Gasteiger partial charge on any atom is 0.274 e. The van der Waals surface area contributed by atoms with Crippen molar-refractivity contribution in [2.45, 2.75) is 38.0 Å². The number of carbonyl (C=O) groups excluding carboxylic acids is 2. The van der Waals surface area contributed by atoms with E-state index < -0.39 is 5.91 Å². The summed E-state index contributed by atoms with van der Waals surface area (Å²) >= 11 is 3.19. The average Bonchev–Trinajstić information content (AvgIpc) is 3.42. The molecule has 0 spiro atoms. The second-order valence-corrected chi connectivity index (χ2v) is 10.6. The molecule has 1 aliphatic carbocycles. The van der Waals surface area contributed by atoms with Gasteiger partial charge in [-0.05, 0) is 47.9 Å². The summed E-state index contributed by atoms with van der Waals surface area (Å²) in [5, 5.41) is 10.4. The van der Waals surface area contributed by atoms with Gasteiger partial charge < -0.3 is 0 Å². The molecule has 0 unspecified atom stereocenters. The summed E-state index contributed by atoms with van der Waals surface area (Å²) in [6.45, 7) is 2.00. The molecule has 1 amide bonds. The Morgan fingerprint density at radius 3 is 2.47 bits per heavy atom. The zero-order valence-corrected chi connectivity index (χ0v) is 20.2. The van der Waals surface area contributed by atoms with Crippen LogP contribution in [-0.2, 0) is 0 Å². The number of Topliss-reactive ketones (excluding diaryl/α,β-unsaturated/α-hetero) is 1. The molecular formula is C26H23N3O3S2. The molecule has 5 rings (SSSR count). The van der Waals surface area contributed by atoms with Crippen LogP contribution >= 0.6 is 22.7 Å². The van der Waals surface area contributed by atoms with Gasteiger partial charge in [-0.3, -0.25) is 14.8 Å². The van der Waals surface area contributed by atoms with E-state index in [2.05, 4.69) is 17.1 Å². The predicted molar refractivity (Wildman–Crippen MR) is 134 cm³/mol. The standard InChI is InChI=1S/C26H23N3O3S2/c1-15(16-7-11-19(12-8-16)24(31)29-32)13-20(30)22-23(18-9-10-18)34-26(28-22)25-27-14-21(33-25)17-5-3-2-4-6-17/h2-8,11-12,14-15,18,32H,9-10,13H2,1H3,(H,29,31)/t15-/m0/s1. The van der Waals surface area contributed by atoms with Crippen molar-refractivity contribution < 1.29 is 14.8 Å². The molecule has 1 atom stereocenters. The third-order valence-corrected chi connectivity index (χ3v) is 8.35. The molecule has 2 heterocycles. The van der Waals surface area contributed by atoms with Crippen molar-refractivity contribution in [3.63, 3.8) is 0 Å². The minimum atomic E-state index is -0.558. The fraction of sp³-hybridized carbons (Fsp3) is 0.231. The Morgan fingerprint density at radius 2 is 1.79 bits per heavy atom. The number of aromatic nitrogens is 2. The number of rotatable bonds is 8. The van der Waals surface area contributed by atoms with Gasteiger partial charge in [0.05, 0.1) is 4.88 Å². The van der Waals surface area contributed by atoms with Crippen LogP contribution in [0.4, 0.5) is 0 Å². The van der Waals surface area contributed by atoms with Gasteiger partial charge in [-0.15, -0.1) is 22.7 Å². The maximum absolute atomic E-state index is 13.3. The van der Waals surface area contributed by atoms with Crippen LogP contribution in [0.15, 0.2) is 60.8 Å². The van der Waals surface area contributed by atoms with E-state index >= 15 is 0 Å². The second kappa shape index (κ2) is 9.58. The highest BCUT2D eigenvalue weighted by atomic mass is 32.1. The quantitative estimate of drug-likeness (QED) is 0.172. The van der Waals surface area contributed by atoms with Crippen molar-refractivity contribution in [1.82, 2.24) is 15.4 Å². The summed E-state index contributed by atoms with van der Waals surface area (Å²) in [7, 11) is 0. The van der Waals surface area contributed by atoms with Gasteiger partial charge >= 0.3 is 0 Å². The molecule has 1 aliphatic rings. The van der Waals surface area contributed by atoms with E-state index in [1.54, 1.807) is 40.3 Å². The van der Waals surface area contributed by atoms with Crippen molar-refractivity contribution in [3.8, 4) is 20.5 Å². The molecule has 0 saturated heterocycles. The molecule has 2 N–H and O–H groups in total. The van der Waals surface area contributed by atoms with Crippen molar-refractivity contribution >= 4 is 34.4 Å². The minimum Gasteiger partial charge on any atom is -0.292 e. The van der Waals surface area contributed by atoms with Crippen LogP contribution < -0.4 is 5.48 Å². The molecule has 4 aromatic rings. The van der Waals surface area contributed by atoms with Gasteiger partial charge in [0, 0.05) is 23.1 Å². The highest BCUT2D eigenvalue weighted by Gasteiger charge is 2.33. The van der Waals surface area contributed by atoms with Gasteiger partial charge in [0.15, 0.2) is 15.8 Å². The van der Waals surface area contributed by atoms with E-state index in [0.717, 1.165) is 43.7 Å². The Kier molecular flexibility index (Phi) is 6.36. The lowest BCUT2D eigenvalue weighted by molar-refractivity contribution is 0.0706. The molecule has 1 saturated carbocycles. The molecular weight excluding hydrogens is 466 g/mol. The summed E-state index contributed by atoms with van der Waals surface area (Å²) in [5.74, 6) is -0.128. The lowest BCUT2D eigenvalue weighted by Gasteiger charge is -2.11. The van der Waals surface area contributed by atoms with Crippen LogP contribution in [0.5, 0.6) is 0 Å². The summed E-state index contributed by atoms with van der Waals surface area (Å²) in [6, 6.07) is 17.1. The molecule has 0 aliphatic heterocycles. The molecule has 1 fully saturated rings. The van der Waals surface area contributed by atoms with Gasteiger partial charge in [-0.1, -0.05) is 49.4 Å². The number of amides is 1. The zero-order chi connectivity index (χ0) is 23.7. The van der Waals surface area contributed by atoms with E-state index in [4.69, 9.17) is 10.2 Å².